The monoisotopic (exact) mass is 248 g/mol. The Labute approximate surface area is 106 Å². The van der Waals surface area contributed by atoms with Crippen LogP contribution in [0.1, 0.15) is 38.5 Å². The third kappa shape index (κ3) is 1.88. The minimum Gasteiger partial charge on any atom is -0.277 e. The highest BCUT2D eigenvalue weighted by Gasteiger charge is 2.56. The number of carbonyl (C=O) groups excluding carboxylic acids is 3. The first-order valence-corrected chi connectivity index (χ1v) is 6.23. The van der Waals surface area contributed by atoms with Crippen molar-refractivity contribution in [3.05, 3.63) is 0 Å². The normalized spacial score (nSPS) is 21.5. The van der Waals surface area contributed by atoms with Gasteiger partial charge in [-0.15, -0.1) is 12.3 Å². The van der Waals surface area contributed by atoms with Crippen LogP contribution in [0, 0.1) is 17.8 Å². The molecule has 0 bridgehead atoms. The first-order chi connectivity index (χ1) is 8.62. The highest BCUT2D eigenvalue weighted by Crippen LogP contribution is 2.44. The molecule has 1 N–H and O–H groups in total. The number of rotatable bonds is 4. The number of barbiturate groups is 1. The lowest BCUT2D eigenvalue weighted by Crippen LogP contribution is -2.66. The molecule has 5 nitrogen and oxygen atoms in total. The van der Waals surface area contributed by atoms with Crippen molar-refractivity contribution < 1.29 is 14.4 Å². The number of unbranched alkanes of at least 4 members (excludes halogenated alkanes) is 2. The van der Waals surface area contributed by atoms with E-state index >= 15 is 0 Å². The number of nitrogens with one attached hydrogen (secondary N) is 1. The molecule has 0 aromatic carbocycles. The van der Waals surface area contributed by atoms with Gasteiger partial charge in [0.15, 0.2) is 0 Å². The second-order valence-corrected chi connectivity index (χ2v) is 4.81. The Morgan fingerprint density at radius 2 is 2.00 bits per heavy atom. The third-order valence-corrected chi connectivity index (χ3v) is 3.71. The van der Waals surface area contributed by atoms with E-state index in [4.69, 9.17) is 6.42 Å². The largest absolute Gasteiger partial charge is 0.330 e. The van der Waals surface area contributed by atoms with Crippen LogP contribution in [0.25, 0.3) is 0 Å². The summed E-state index contributed by atoms with van der Waals surface area (Å²) in [6.45, 7) is 0.335. The van der Waals surface area contributed by atoms with Crippen LogP contribution in [0.2, 0.25) is 0 Å². The van der Waals surface area contributed by atoms with Crippen LogP contribution in [0.15, 0.2) is 0 Å². The highest BCUT2D eigenvalue weighted by molar-refractivity contribution is 6.19. The van der Waals surface area contributed by atoms with Gasteiger partial charge in [0, 0.05) is 13.0 Å². The molecule has 2 rings (SSSR count). The number of hydrogen-bond acceptors (Lipinski definition) is 3. The molecule has 18 heavy (non-hydrogen) atoms. The Morgan fingerprint density at radius 1 is 1.28 bits per heavy atom. The molecule has 1 heterocycles. The topological polar surface area (TPSA) is 66.5 Å². The fourth-order valence-electron chi connectivity index (χ4n) is 2.40. The zero-order valence-electron chi connectivity index (χ0n) is 10.2. The fraction of sp³-hybridized carbons (Fsp3) is 0.615. The van der Waals surface area contributed by atoms with Crippen molar-refractivity contribution in [1.29, 1.82) is 0 Å². The summed E-state index contributed by atoms with van der Waals surface area (Å²) in [5, 5.41) is 2.28. The second-order valence-electron chi connectivity index (χ2n) is 4.81. The van der Waals surface area contributed by atoms with E-state index in [1.807, 2.05) is 0 Å². The number of terminal acetylenes is 1. The molecule has 5 heteroatoms. The molecule has 0 aromatic heterocycles. The maximum atomic E-state index is 12.2. The molecule has 2 fully saturated rings. The molecule has 1 saturated carbocycles. The molecule has 0 unspecified atom stereocenters. The van der Waals surface area contributed by atoms with Crippen molar-refractivity contribution in [3.63, 3.8) is 0 Å². The fourth-order valence-corrected chi connectivity index (χ4v) is 2.40. The van der Waals surface area contributed by atoms with Gasteiger partial charge in [-0.05, 0) is 25.7 Å². The van der Waals surface area contributed by atoms with E-state index < -0.39 is 17.4 Å². The summed E-state index contributed by atoms with van der Waals surface area (Å²) >= 11 is 0. The summed E-state index contributed by atoms with van der Waals surface area (Å²) in [6, 6.07) is -0.594. The van der Waals surface area contributed by atoms with Crippen LogP contribution in [0.4, 0.5) is 4.79 Å². The smallest absolute Gasteiger partial charge is 0.277 e. The highest BCUT2D eigenvalue weighted by atomic mass is 16.2. The van der Waals surface area contributed by atoms with E-state index in [2.05, 4.69) is 11.2 Å². The number of urea groups is 1. The van der Waals surface area contributed by atoms with Gasteiger partial charge in [-0.25, -0.2) is 4.79 Å². The van der Waals surface area contributed by atoms with Gasteiger partial charge in [0.1, 0.15) is 5.41 Å². The summed E-state index contributed by atoms with van der Waals surface area (Å²) in [5.41, 5.74) is -0.958. The van der Waals surface area contributed by atoms with E-state index in [1.54, 1.807) is 0 Å². The lowest BCUT2D eigenvalue weighted by atomic mass is 9.66. The minimum atomic E-state index is -0.958. The molecule has 96 valence electrons. The average molecular weight is 248 g/mol. The van der Waals surface area contributed by atoms with E-state index in [0.29, 0.717) is 32.2 Å². The predicted molar refractivity (Wildman–Crippen MR) is 64.2 cm³/mol. The summed E-state index contributed by atoms with van der Waals surface area (Å²) in [5.74, 6) is 1.76. The molecular formula is C13H16N2O3. The predicted octanol–water partition coefficient (Wildman–Crippen LogP) is 1.04. The Balaban J connectivity index is 2.01. The second kappa shape index (κ2) is 4.81. The molecule has 0 radical (unpaired) electrons. The van der Waals surface area contributed by atoms with Crippen molar-refractivity contribution in [3.8, 4) is 12.3 Å². The van der Waals surface area contributed by atoms with E-state index in [9.17, 15) is 14.4 Å². The van der Waals surface area contributed by atoms with Crippen molar-refractivity contribution in [1.82, 2.24) is 10.2 Å². The van der Waals surface area contributed by atoms with Gasteiger partial charge in [-0.3, -0.25) is 19.8 Å². The Hall–Kier alpha value is -1.83. The van der Waals surface area contributed by atoms with E-state index in [-0.39, 0.29) is 5.91 Å². The zero-order chi connectivity index (χ0) is 13.2. The Morgan fingerprint density at radius 3 is 2.56 bits per heavy atom. The van der Waals surface area contributed by atoms with Crippen LogP contribution in [0.5, 0.6) is 0 Å². The molecule has 4 amide bonds. The van der Waals surface area contributed by atoms with Gasteiger partial charge < -0.3 is 0 Å². The number of imide groups is 2. The van der Waals surface area contributed by atoms with Crippen LogP contribution >= 0.6 is 0 Å². The summed E-state index contributed by atoms with van der Waals surface area (Å²) in [4.78, 5) is 36.8. The number of amides is 4. The summed E-state index contributed by atoms with van der Waals surface area (Å²) in [7, 11) is 0. The first-order valence-electron chi connectivity index (χ1n) is 6.23. The molecule has 2 aliphatic rings. The van der Waals surface area contributed by atoms with Crippen LogP contribution < -0.4 is 5.32 Å². The van der Waals surface area contributed by atoms with Crippen molar-refractivity contribution in [2.24, 2.45) is 5.41 Å². The minimum absolute atomic E-state index is 0.330. The van der Waals surface area contributed by atoms with Crippen molar-refractivity contribution in [2.45, 2.75) is 38.5 Å². The van der Waals surface area contributed by atoms with Crippen molar-refractivity contribution in [2.75, 3.05) is 6.54 Å². The van der Waals surface area contributed by atoms with Crippen LogP contribution in [-0.2, 0) is 9.59 Å². The molecule has 1 aliphatic heterocycles. The van der Waals surface area contributed by atoms with E-state index in [1.165, 1.54) is 0 Å². The lowest BCUT2D eigenvalue weighted by molar-refractivity contribution is -0.157. The lowest BCUT2D eigenvalue weighted by Gasteiger charge is -2.44. The molecule has 0 atom stereocenters. The van der Waals surface area contributed by atoms with Gasteiger partial charge in [0.05, 0.1) is 0 Å². The van der Waals surface area contributed by atoms with Gasteiger partial charge in [0.2, 0.25) is 11.8 Å². The zero-order valence-corrected chi connectivity index (χ0v) is 10.2. The van der Waals surface area contributed by atoms with Gasteiger partial charge in [-0.2, -0.15) is 0 Å². The van der Waals surface area contributed by atoms with Crippen LogP contribution in [0.3, 0.4) is 0 Å². The van der Waals surface area contributed by atoms with Gasteiger partial charge in [0.25, 0.3) is 0 Å². The SMILES string of the molecule is C#CCCCCN1C(=O)NC(=O)C2(CCC2)C1=O. The molecular weight excluding hydrogens is 232 g/mol. The Bertz CT molecular complexity index is 432. The molecule has 0 aromatic rings. The number of hydrogen-bond donors (Lipinski definition) is 1. The molecule has 1 aliphatic carbocycles. The van der Waals surface area contributed by atoms with E-state index in [0.717, 1.165) is 17.7 Å². The molecule has 1 saturated heterocycles. The third-order valence-electron chi connectivity index (χ3n) is 3.71. The first kappa shape index (κ1) is 12.6. The van der Waals surface area contributed by atoms with Gasteiger partial charge in [-0.1, -0.05) is 6.42 Å². The Kier molecular flexibility index (Phi) is 3.37. The summed E-state index contributed by atoms with van der Waals surface area (Å²) < 4.78 is 0. The standard InChI is InChI=1S/C13H16N2O3/c1-2-3-4-5-9-15-11(17)13(7-6-8-13)10(16)14-12(15)18/h1H,3-9H2,(H,14,16,18). The quantitative estimate of drug-likeness (QED) is 0.459. The van der Waals surface area contributed by atoms with Crippen LogP contribution in [-0.4, -0.2) is 29.3 Å². The summed E-state index contributed by atoms with van der Waals surface area (Å²) in [6.07, 6.45) is 9.17. The van der Waals surface area contributed by atoms with Gasteiger partial charge >= 0.3 is 6.03 Å². The van der Waals surface area contributed by atoms with Crippen molar-refractivity contribution >= 4 is 17.8 Å². The number of carbonyl (C=O) groups is 3. The maximum absolute atomic E-state index is 12.2. The number of nitrogens with zero attached hydrogens (tertiary/aromatic N) is 1. The maximum Gasteiger partial charge on any atom is 0.330 e. The average Bonchev–Trinajstić information content (AvgIpc) is 2.25. The molecule has 1 spiro atoms.